The van der Waals surface area contributed by atoms with Crippen LogP contribution in [0.2, 0.25) is 0 Å². The van der Waals surface area contributed by atoms with Crippen molar-refractivity contribution in [3.63, 3.8) is 0 Å². The van der Waals surface area contributed by atoms with Crippen molar-refractivity contribution in [1.82, 2.24) is 10.2 Å². The largest absolute Gasteiger partial charge is 0.497 e. The van der Waals surface area contributed by atoms with Gasteiger partial charge in [-0.3, -0.25) is 10.1 Å². The molecule has 29 heavy (non-hydrogen) atoms. The van der Waals surface area contributed by atoms with Gasteiger partial charge in [0.05, 0.1) is 26.2 Å². The molecule has 7 nitrogen and oxygen atoms in total. The lowest BCUT2D eigenvalue weighted by Gasteiger charge is -2.07. The van der Waals surface area contributed by atoms with Crippen molar-refractivity contribution in [2.45, 2.75) is 30.4 Å². The number of nitrogens with zero attached hydrogens (tertiary/aromatic N) is 2. The Balaban J connectivity index is 1.65. The molecule has 0 aliphatic carbocycles. The molecule has 0 unspecified atom stereocenters. The highest BCUT2D eigenvalue weighted by Gasteiger charge is 2.16. The Morgan fingerprint density at radius 2 is 1.86 bits per heavy atom. The molecule has 3 rings (SSSR count). The summed E-state index contributed by atoms with van der Waals surface area (Å²) in [5, 5.41) is 11.0. The molecule has 8 heteroatoms. The van der Waals surface area contributed by atoms with E-state index in [1.807, 2.05) is 24.3 Å². The molecule has 0 fully saturated rings. The van der Waals surface area contributed by atoms with Crippen molar-refractivity contribution >= 4 is 23.7 Å². The Morgan fingerprint density at radius 3 is 2.52 bits per heavy atom. The number of benzene rings is 2. The van der Waals surface area contributed by atoms with Crippen molar-refractivity contribution in [2.75, 3.05) is 19.5 Å². The minimum Gasteiger partial charge on any atom is -0.497 e. The van der Waals surface area contributed by atoms with Crippen LogP contribution in [0.5, 0.6) is 11.5 Å². The van der Waals surface area contributed by atoms with Gasteiger partial charge in [-0.1, -0.05) is 31.1 Å². The first-order valence-electron chi connectivity index (χ1n) is 9.10. The lowest BCUT2D eigenvalue weighted by atomic mass is 10.1. The molecule has 0 saturated heterocycles. The maximum atomic E-state index is 12.3. The van der Waals surface area contributed by atoms with Gasteiger partial charge in [0.25, 0.3) is 5.89 Å². The Hall–Kier alpha value is -3.00. The molecule has 1 N–H and O–H groups in total. The van der Waals surface area contributed by atoms with Crippen LogP contribution < -0.4 is 14.8 Å². The number of ether oxygens (including phenoxy) is 2. The Bertz CT molecular complexity index is 970. The smallest absolute Gasteiger partial charge is 0.322 e. The number of rotatable bonds is 8. The van der Waals surface area contributed by atoms with Crippen LogP contribution in [-0.2, 0) is 11.2 Å². The molecule has 1 heterocycles. The zero-order valence-electron chi connectivity index (χ0n) is 16.8. The molecule has 2 aromatic carbocycles. The van der Waals surface area contributed by atoms with E-state index >= 15 is 0 Å². The van der Waals surface area contributed by atoms with E-state index in [9.17, 15) is 4.79 Å². The SMILES string of the molecule is COc1ccc(-c2nnc(NC(=O)Cc3ccc(SC(C)C)cc3)o2)c(OC)c1. The zero-order valence-corrected chi connectivity index (χ0v) is 17.6. The molecule has 3 aromatic rings. The molecule has 0 radical (unpaired) electrons. The van der Waals surface area contributed by atoms with E-state index in [4.69, 9.17) is 13.9 Å². The average Bonchev–Trinajstić information content (AvgIpc) is 3.16. The van der Waals surface area contributed by atoms with E-state index < -0.39 is 0 Å². The predicted octanol–water partition coefficient (Wildman–Crippen LogP) is 4.44. The Labute approximate surface area is 173 Å². The normalized spacial score (nSPS) is 10.8. The number of hydrogen-bond acceptors (Lipinski definition) is 7. The molecule has 0 aliphatic rings. The first-order valence-corrected chi connectivity index (χ1v) is 9.98. The van der Waals surface area contributed by atoms with Crippen molar-refractivity contribution < 1.29 is 18.7 Å². The third-order valence-electron chi connectivity index (χ3n) is 3.97. The van der Waals surface area contributed by atoms with Gasteiger partial charge in [0.15, 0.2) is 0 Å². The average molecular weight is 413 g/mol. The van der Waals surface area contributed by atoms with Gasteiger partial charge in [-0.05, 0) is 29.8 Å². The number of thioether (sulfide) groups is 1. The van der Waals surface area contributed by atoms with Gasteiger partial charge in [-0.25, -0.2) is 0 Å². The van der Waals surface area contributed by atoms with E-state index in [1.165, 1.54) is 4.90 Å². The van der Waals surface area contributed by atoms with Crippen molar-refractivity contribution in [3.8, 4) is 23.0 Å². The van der Waals surface area contributed by atoms with E-state index in [0.29, 0.717) is 22.3 Å². The van der Waals surface area contributed by atoms with Crippen LogP contribution in [-0.4, -0.2) is 35.6 Å². The first kappa shape index (κ1) is 20.7. The van der Waals surface area contributed by atoms with Gasteiger partial charge in [0.2, 0.25) is 5.91 Å². The van der Waals surface area contributed by atoms with Gasteiger partial charge in [-0.15, -0.1) is 16.9 Å². The molecule has 0 aliphatic heterocycles. The number of carbonyl (C=O) groups is 1. The molecular weight excluding hydrogens is 390 g/mol. The second-order valence-corrected chi connectivity index (χ2v) is 8.16. The van der Waals surface area contributed by atoms with Crippen molar-refractivity contribution in [2.24, 2.45) is 0 Å². The topological polar surface area (TPSA) is 86.5 Å². The van der Waals surface area contributed by atoms with Crippen LogP contribution in [0.4, 0.5) is 6.01 Å². The van der Waals surface area contributed by atoms with Crippen LogP contribution >= 0.6 is 11.8 Å². The van der Waals surface area contributed by atoms with Gasteiger partial charge in [0, 0.05) is 16.2 Å². The van der Waals surface area contributed by atoms with Crippen LogP contribution in [0.3, 0.4) is 0 Å². The third kappa shape index (κ3) is 5.51. The molecular formula is C21H23N3O4S. The number of aromatic nitrogens is 2. The maximum absolute atomic E-state index is 12.3. The fourth-order valence-corrected chi connectivity index (χ4v) is 3.50. The predicted molar refractivity (Wildman–Crippen MR) is 113 cm³/mol. The minimum atomic E-state index is -0.230. The van der Waals surface area contributed by atoms with Crippen molar-refractivity contribution in [3.05, 3.63) is 48.0 Å². The van der Waals surface area contributed by atoms with Crippen LogP contribution in [0.1, 0.15) is 19.4 Å². The molecule has 152 valence electrons. The summed E-state index contributed by atoms with van der Waals surface area (Å²) in [4.78, 5) is 13.5. The van der Waals surface area contributed by atoms with Crippen LogP contribution in [0.15, 0.2) is 51.8 Å². The third-order valence-corrected chi connectivity index (χ3v) is 4.99. The number of nitrogens with one attached hydrogen (secondary N) is 1. The summed E-state index contributed by atoms with van der Waals surface area (Å²) in [6.45, 7) is 4.29. The summed E-state index contributed by atoms with van der Waals surface area (Å²) in [5.41, 5.74) is 1.52. The highest BCUT2D eigenvalue weighted by molar-refractivity contribution is 7.99. The van der Waals surface area contributed by atoms with E-state index in [1.54, 1.807) is 44.2 Å². The van der Waals surface area contributed by atoms with Gasteiger partial charge >= 0.3 is 6.01 Å². The number of methoxy groups -OCH3 is 2. The highest BCUT2D eigenvalue weighted by Crippen LogP contribution is 2.33. The number of anilines is 1. The lowest BCUT2D eigenvalue weighted by Crippen LogP contribution is -2.14. The van der Waals surface area contributed by atoms with Crippen LogP contribution in [0, 0.1) is 0 Å². The number of hydrogen-bond donors (Lipinski definition) is 1. The van der Waals surface area contributed by atoms with Gasteiger partial charge in [-0.2, -0.15) is 0 Å². The number of carbonyl (C=O) groups excluding carboxylic acids is 1. The summed E-state index contributed by atoms with van der Waals surface area (Å²) in [6, 6.07) is 13.2. The lowest BCUT2D eigenvalue weighted by molar-refractivity contribution is -0.115. The fraction of sp³-hybridized carbons (Fsp3) is 0.286. The van der Waals surface area contributed by atoms with Gasteiger partial charge in [0.1, 0.15) is 11.5 Å². The highest BCUT2D eigenvalue weighted by atomic mass is 32.2. The summed E-state index contributed by atoms with van der Waals surface area (Å²) >= 11 is 1.78. The summed E-state index contributed by atoms with van der Waals surface area (Å²) in [6.07, 6.45) is 0.218. The standard InChI is InChI=1S/C21H23N3O4S/c1-13(2)29-16-8-5-14(6-9-16)11-19(25)22-21-24-23-20(28-21)17-10-7-15(26-3)12-18(17)27-4/h5-10,12-13H,11H2,1-4H3,(H,22,24,25). The maximum Gasteiger partial charge on any atom is 0.322 e. The van der Waals surface area contributed by atoms with Crippen LogP contribution in [0.25, 0.3) is 11.5 Å². The summed E-state index contributed by atoms with van der Waals surface area (Å²) in [5.74, 6) is 1.20. The second-order valence-electron chi connectivity index (χ2n) is 6.51. The van der Waals surface area contributed by atoms with Crippen molar-refractivity contribution in [1.29, 1.82) is 0 Å². The minimum absolute atomic E-state index is 0.0369. The molecule has 0 spiro atoms. The molecule has 0 saturated carbocycles. The van der Waals surface area contributed by atoms with E-state index in [0.717, 1.165) is 5.56 Å². The van der Waals surface area contributed by atoms with E-state index in [-0.39, 0.29) is 24.2 Å². The van der Waals surface area contributed by atoms with Gasteiger partial charge < -0.3 is 13.9 Å². The molecule has 1 aromatic heterocycles. The Kier molecular flexibility index (Phi) is 6.77. The van der Waals surface area contributed by atoms with E-state index in [2.05, 4.69) is 29.4 Å². The quantitative estimate of drug-likeness (QED) is 0.547. The fourth-order valence-electron chi connectivity index (χ4n) is 2.66. The monoisotopic (exact) mass is 413 g/mol. The molecule has 0 atom stereocenters. The summed E-state index contributed by atoms with van der Waals surface area (Å²) in [7, 11) is 3.12. The number of amides is 1. The molecule has 1 amide bonds. The molecule has 0 bridgehead atoms. The zero-order chi connectivity index (χ0) is 20.8. The summed E-state index contributed by atoms with van der Waals surface area (Å²) < 4.78 is 16.1. The second kappa shape index (κ2) is 9.47. The first-order chi connectivity index (χ1) is 14.0. The Morgan fingerprint density at radius 1 is 1.10 bits per heavy atom.